The molecule has 1 amide bonds. The zero-order valence-electron chi connectivity index (χ0n) is 12.2. The molecule has 1 unspecified atom stereocenters. The van der Waals surface area contributed by atoms with Crippen molar-refractivity contribution in [2.75, 3.05) is 0 Å². The number of unbranched alkanes of at least 4 members (excludes halogenated alkanes) is 2. The lowest BCUT2D eigenvalue weighted by Gasteiger charge is -2.13. The first-order valence-electron chi connectivity index (χ1n) is 7.33. The lowest BCUT2D eigenvalue weighted by molar-refractivity contribution is -0.121. The van der Waals surface area contributed by atoms with Crippen molar-refractivity contribution in [2.45, 2.75) is 71.8 Å². The SMILES string of the molecule is CCCCc1noc(C(CCCC)NC(=O)CC)n1. The van der Waals surface area contributed by atoms with Crippen molar-refractivity contribution < 1.29 is 9.32 Å². The highest BCUT2D eigenvalue weighted by Gasteiger charge is 2.19. The van der Waals surface area contributed by atoms with Crippen LogP contribution < -0.4 is 5.32 Å². The van der Waals surface area contributed by atoms with Crippen LogP contribution in [-0.2, 0) is 11.2 Å². The standard InChI is InChI=1S/C14H25N3O2/c1-4-7-9-11(15-13(18)6-3)14-16-12(17-19-14)10-8-5-2/h11H,4-10H2,1-3H3,(H,15,18). The lowest BCUT2D eigenvalue weighted by Crippen LogP contribution is -2.28. The Kier molecular flexibility index (Phi) is 7.15. The van der Waals surface area contributed by atoms with Gasteiger partial charge in [-0.25, -0.2) is 0 Å². The molecule has 0 aliphatic rings. The van der Waals surface area contributed by atoms with E-state index in [2.05, 4.69) is 29.3 Å². The fourth-order valence-electron chi connectivity index (χ4n) is 1.81. The maximum Gasteiger partial charge on any atom is 0.249 e. The molecule has 5 heteroatoms. The Balaban J connectivity index is 2.66. The fourth-order valence-corrected chi connectivity index (χ4v) is 1.81. The van der Waals surface area contributed by atoms with Crippen molar-refractivity contribution in [3.63, 3.8) is 0 Å². The van der Waals surface area contributed by atoms with Crippen LogP contribution >= 0.6 is 0 Å². The molecule has 0 radical (unpaired) electrons. The molecular formula is C14H25N3O2. The van der Waals surface area contributed by atoms with Crippen molar-refractivity contribution in [2.24, 2.45) is 0 Å². The second-order valence-electron chi connectivity index (χ2n) is 4.77. The van der Waals surface area contributed by atoms with Crippen LogP contribution in [0.1, 0.15) is 77.1 Å². The molecule has 1 aromatic heterocycles. The summed E-state index contributed by atoms with van der Waals surface area (Å²) in [5.41, 5.74) is 0. The van der Waals surface area contributed by atoms with Gasteiger partial charge in [0.2, 0.25) is 11.8 Å². The molecule has 0 saturated heterocycles. The number of hydrogen-bond donors (Lipinski definition) is 1. The second-order valence-corrected chi connectivity index (χ2v) is 4.77. The van der Waals surface area contributed by atoms with Gasteiger partial charge in [-0.1, -0.05) is 45.2 Å². The highest BCUT2D eigenvalue weighted by Crippen LogP contribution is 2.18. The lowest BCUT2D eigenvalue weighted by atomic mass is 10.1. The molecule has 0 saturated carbocycles. The first kappa shape index (κ1) is 15.7. The van der Waals surface area contributed by atoms with Crippen LogP contribution in [-0.4, -0.2) is 16.0 Å². The number of nitrogens with zero attached hydrogens (tertiary/aromatic N) is 2. The van der Waals surface area contributed by atoms with E-state index >= 15 is 0 Å². The summed E-state index contributed by atoms with van der Waals surface area (Å²) in [6.45, 7) is 6.10. The van der Waals surface area contributed by atoms with E-state index in [4.69, 9.17) is 4.52 Å². The van der Waals surface area contributed by atoms with Crippen LogP contribution in [0.2, 0.25) is 0 Å². The minimum atomic E-state index is -0.143. The Hall–Kier alpha value is -1.39. The van der Waals surface area contributed by atoms with Gasteiger partial charge in [-0.15, -0.1) is 0 Å². The Morgan fingerprint density at radius 1 is 1.26 bits per heavy atom. The van der Waals surface area contributed by atoms with Crippen molar-refractivity contribution >= 4 is 5.91 Å². The summed E-state index contributed by atoms with van der Waals surface area (Å²) in [5, 5.41) is 6.93. The summed E-state index contributed by atoms with van der Waals surface area (Å²) in [4.78, 5) is 15.9. The van der Waals surface area contributed by atoms with Crippen molar-refractivity contribution in [1.82, 2.24) is 15.5 Å². The van der Waals surface area contributed by atoms with Gasteiger partial charge >= 0.3 is 0 Å². The monoisotopic (exact) mass is 267 g/mol. The maximum absolute atomic E-state index is 11.5. The maximum atomic E-state index is 11.5. The molecule has 0 aliphatic heterocycles. The third kappa shape index (κ3) is 5.41. The van der Waals surface area contributed by atoms with E-state index in [9.17, 15) is 4.79 Å². The van der Waals surface area contributed by atoms with Crippen LogP contribution in [0.15, 0.2) is 4.52 Å². The number of hydrogen-bond acceptors (Lipinski definition) is 4. The number of aromatic nitrogens is 2. The van der Waals surface area contributed by atoms with Gasteiger partial charge in [-0.3, -0.25) is 4.79 Å². The zero-order chi connectivity index (χ0) is 14.1. The first-order valence-corrected chi connectivity index (χ1v) is 7.33. The first-order chi connectivity index (χ1) is 9.21. The van der Waals surface area contributed by atoms with Gasteiger partial charge in [0.05, 0.1) is 0 Å². The van der Waals surface area contributed by atoms with Crippen LogP contribution in [0.4, 0.5) is 0 Å². The number of carbonyl (C=O) groups is 1. The molecule has 1 N–H and O–H groups in total. The predicted molar refractivity (Wildman–Crippen MR) is 73.6 cm³/mol. The Morgan fingerprint density at radius 3 is 2.63 bits per heavy atom. The number of amides is 1. The highest BCUT2D eigenvalue weighted by atomic mass is 16.5. The molecule has 1 heterocycles. The Labute approximate surface area is 115 Å². The minimum absolute atomic E-state index is 0.0226. The van der Waals surface area contributed by atoms with E-state index < -0.39 is 0 Å². The van der Waals surface area contributed by atoms with Crippen LogP contribution in [0, 0.1) is 0 Å². The second kappa shape index (κ2) is 8.67. The van der Waals surface area contributed by atoms with E-state index in [1.807, 2.05) is 6.92 Å². The van der Waals surface area contributed by atoms with E-state index in [1.54, 1.807) is 0 Å². The van der Waals surface area contributed by atoms with Gasteiger partial charge in [-0.05, 0) is 12.8 Å². The summed E-state index contributed by atoms with van der Waals surface area (Å²) in [6, 6.07) is -0.143. The van der Waals surface area contributed by atoms with Crippen molar-refractivity contribution in [1.29, 1.82) is 0 Å². The molecule has 0 aliphatic carbocycles. The summed E-state index contributed by atoms with van der Waals surface area (Å²) in [5.74, 6) is 1.31. The molecule has 1 atom stereocenters. The summed E-state index contributed by atoms with van der Waals surface area (Å²) < 4.78 is 5.29. The molecule has 0 bridgehead atoms. The Morgan fingerprint density at radius 2 is 2.00 bits per heavy atom. The molecule has 0 aromatic carbocycles. The third-order valence-electron chi connectivity index (χ3n) is 3.04. The molecule has 0 fully saturated rings. The summed E-state index contributed by atoms with van der Waals surface area (Å²) in [6.07, 6.45) is 6.42. The summed E-state index contributed by atoms with van der Waals surface area (Å²) >= 11 is 0. The smallest absolute Gasteiger partial charge is 0.249 e. The van der Waals surface area contributed by atoms with E-state index in [0.717, 1.165) is 44.3 Å². The third-order valence-corrected chi connectivity index (χ3v) is 3.04. The summed E-state index contributed by atoms with van der Waals surface area (Å²) in [7, 11) is 0. The molecule has 0 spiro atoms. The molecule has 1 rings (SSSR count). The van der Waals surface area contributed by atoms with Gasteiger partial charge in [0, 0.05) is 12.8 Å². The van der Waals surface area contributed by atoms with E-state index in [1.165, 1.54) is 0 Å². The quantitative estimate of drug-likeness (QED) is 0.746. The highest BCUT2D eigenvalue weighted by molar-refractivity contribution is 5.75. The zero-order valence-corrected chi connectivity index (χ0v) is 12.2. The van der Waals surface area contributed by atoms with Gasteiger partial charge in [-0.2, -0.15) is 4.98 Å². The minimum Gasteiger partial charge on any atom is -0.344 e. The normalized spacial score (nSPS) is 12.4. The average Bonchev–Trinajstić information content (AvgIpc) is 2.89. The van der Waals surface area contributed by atoms with Gasteiger partial charge in [0.15, 0.2) is 5.82 Å². The largest absolute Gasteiger partial charge is 0.344 e. The average molecular weight is 267 g/mol. The molecule has 5 nitrogen and oxygen atoms in total. The molecule has 1 aromatic rings. The number of rotatable bonds is 9. The Bertz CT molecular complexity index is 377. The number of carbonyl (C=O) groups excluding carboxylic acids is 1. The van der Waals surface area contributed by atoms with Gasteiger partial charge < -0.3 is 9.84 Å². The fraction of sp³-hybridized carbons (Fsp3) is 0.786. The predicted octanol–water partition coefficient (Wildman–Crippen LogP) is 3.17. The molecule has 19 heavy (non-hydrogen) atoms. The van der Waals surface area contributed by atoms with Crippen molar-refractivity contribution in [3.05, 3.63) is 11.7 Å². The van der Waals surface area contributed by atoms with Crippen LogP contribution in [0.3, 0.4) is 0 Å². The molecule has 108 valence electrons. The van der Waals surface area contributed by atoms with E-state index in [-0.39, 0.29) is 11.9 Å². The van der Waals surface area contributed by atoms with Gasteiger partial charge in [0.25, 0.3) is 0 Å². The number of nitrogens with one attached hydrogen (secondary N) is 1. The van der Waals surface area contributed by atoms with E-state index in [0.29, 0.717) is 12.3 Å². The number of aryl methyl sites for hydroxylation is 1. The van der Waals surface area contributed by atoms with Gasteiger partial charge in [0.1, 0.15) is 6.04 Å². The topological polar surface area (TPSA) is 68.0 Å². The molecular weight excluding hydrogens is 242 g/mol. The van der Waals surface area contributed by atoms with Crippen LogP contribution in [0.5, 0.6) is 0 Å². The van der Waals surface area contributed by atoms with Crippen molar-refractivity contribution in [3.8, 4) is 0 Å². The van der Waals surface area contributed by atoms with Crippen LogP contribution in [0.25, 0.3) is 0 Å².